The molecule has 2 unspecified atom stereocenters. The van der Waals surface area contributed by atoms with Gasteiger partial charge in [-0.05, 0) is 42.9 Å². The molecule has 2 bridgehead atoms. The van der Waals surface area contributed by atoms with Crippen molar-refractivity contribution in [3.05, 3.63) is 12.7 Å². The number of carbonyl (C=O) groups is 1. The predicted molar refractivity (Wildman–Crippen MR) is 90.8 cm³/mol. The van der Waals surface area contributed by atoms with Crippen LogP contribution in [-0.2, 0) is 4.79 Å². The van der Waals surface area contributed by atoms with Gasteiger partial charge in [0.1, 0.15) is 5.78 Å². The minimum absolute atomic E-state index is 0.0428. The minimum atomic E-state index is -0.589. The summed E-state index contributed by atoms with van der Waals surface area (Å²) in [4.78, 5) is 12.8. The predicted octanol–water partition coefficient (Wildman–Crippen LogP) is 3.34. The van der Waals surface area contributed by atoms with Crippen LogP contribution in [0.2, 0.25) is 0 Å². The molecule has 0 heterocycles. The Morgan fingerprint density at radius 2 is 1.87 bits per heavy atom. The van der Waals surface area contributed by atoms with E-state index in [1.165, 1.54) is 0 Å². The summed E-state index contributed by atoms with van der Waals surface area (Å²) in [5, 5.41) is 22.3. The highest BCUT2D eigenvalue weighted by Gasteiger charge is 2.67. The molecule has 0 aromatic heterocycles. The molecule has 0 aromatic carbocycles. The number of rotatable bonds is 1. The standard InChI is InChI=1S/C20H32O3/c1-6-18(4)11-15(22)19(5)12(2)7-9-20(13(3)17(18)23)10-8-14(21)16(19)20/h6,12-13,15-17,22-23H,1,7-11H2,2-5H3/t12-,13+,15-,16?,17?,18-,19+,20+/m1/s1. The van der Waals surface area contributed by atoms with Crippen molar-refractivity contribution in [2.45, 2.75) is 72.0 Å². The third kappa shape index (κ3) is 1.99. The maximum atomic E-state index is 12.8. The summed E-state index contributed by atoms with van der Waals surface area (Å²) >= 11 is 0. The molecule has 130 valence electrons. The van der Waals surface area contributed by atoms with Gasteiger partial charge in [0.15, 0.2) is 0 Å². The fourth-order valence-electron chi connectivity index (χ4n) is 6.37. The van der Waals surface area contributed by atoms with E-state index in [2.05, 4.69) is 27.4 Å². The Morgan fingerprint density at radius 3 is 2.48 bits per heavy atom. The van der Waals surface area contributed by atoms with E-state index < -0.39 is 23.0 Å². The van der Waals surface area contributed by atoms with E-state index in [4.69, 9.17) is 0 Å². The van der Waals surface area contributed by atoms with Crippen molar-refractivity contribution >= 4 is 5.78 Å². The second-order valence-corrected chi connectivity index (χ2v) is 9.10. The van der Waals surface area contributed by atoms with Crippen LogP contribution in [0.25, 0.3) is 0 Å². The van der Waals surface area contributed by atoms with Gasteiger partial charge in [0.25, 0.3) is 0 Å². The van der Waals surface area contributed by atoms with Crippen molar-refractivity contribution in [2.75, 3.05) is 0 Å². The third-order valence-corrected chi connectivity index (χ3v) is 8.33. The van der Waals surface area contributed by atoms with Crippen LogP contribution in [0.1, 0.15) is 59.8 Å². The monoisotopic (exact) mass is 320 g/mol. The third-order valence-electron chi connectivity index (χ3n) is 8.33. The number of ketones is 1. The fraction of sp³-hybridized carbons (Fsp3) is 0.850. The zero-order chi connectivity index (χ0) is 17.2. The van der Waals surface area contributed by atoms with Crippen LogP contribution in [0.4, 0.5) is 0 Å². The molecular formula is C20H32O3. The largest absolute Gasteiger partial charge is 0.392 e. The SMILES string of the molecule is C=C[C@]1(C)C[C@@H](O)[C@@]2(C)C3C(=O)CC[C@@]3(CC[C@H]2C)[C@@H](C)C1O. The zero-order valence-corrected chi connectivity index (χ0v) is 15.0. The molecule has 0 aliphatic heterocycles. The molecule has 3 aliphatic carbocycles. The first-order chi connectivity index (χ1) is 10.6. The molecular weight excluding hydrogens is 288 g/mol. The lowest BCUT2D eigenvalue weighted by Gasteiger charge is -2.61. The number of aliphatic hydroxyl groups is 2. The summed E-state index contributed by atoms with van der Waals surface area (Å²) in [5.74, 6) is 0.544. The molecule has 3 aliphatic rings. The maximum Gasteiger partial charge on any atom is 0.137 e. The van der Waals surface area contributed by atoms with Gasteiger partial charge in [0.05, 0.1) is 12.2 Å². The summed E-state index contributed by atoms with van der Waals surface area (Å²) in [6.45, 7) is 12.4. The normalized spacial score (nSPS) is 56.6. The van der Waals surface area contributed by atoms with E-state index in [9.17, 15) is 15.0 Å². The highest BCUT2D eigenvalue weighted by atomic mass is 16.3. The van der Waals surface area contributed by atoms with Gasteiger partial charge >= 0.3 is 0 Å². The van der Waals surface area contributed by atoms with Crippen molar-refractivity contribution in [2.24, 2.45) is 34.0 Å². The fourth-order valence-corrected chi connectivity index (χ4v) is 6.37. The molecule has 3 heteroatoms. The van der Waals surface area contributed by atoms with Gasteiger partial charge in [-0.1, -0.05) is 33.8 Å². The number of hydrogen-bond acceptors (Lipinski definition) is 3. The number of aliphatic hydroxyl groups excluding tert-OH is 2. The van der Waals surface area contributed by atoms with Gasteiger partial charge < -0.3 is 10.2 Å². The van der Waals surface area contributed by atoms with E-state index >= 15 is 0 Å². The average molecular weight is 320 g/mol. The average Bonchev–Trinajstić information content (AvgIpc) is 2.87. The molecule has 8 atom stereocenters. The molecule has 0 aromatic rings. The van der Waals surface area contributed by atoms with Crippen LogP contribution in [0.15, 0.2) is 12.7 Å². The van der Waals surface area contributed by atoms with Crippen LogP contribution in [0, 0.1) is 34.0 Å². The second kappa shape index (κ2) is 5.16. The first-order valence-electron chi connectivity index (χ1n) is 9.16. The topological polar surface area (TPSA) is 57.5 Å². The molecule has 3 fully saturated rings. The maximum absolute atomic E-state index is 12.8. The van der Waals surface area contributed by atoms with Crippen LogP contribution in [0.5, 0.6) is 0 Å². The highest BCUT2D eigenvalue weighted by molar-refractivity contribution is 5.85. The molecule has 0 radical (unpaired) electrons. The Kier molecular flexibility index (Phi) is 3.85. The Bertz CT molecular complexity index is 529. The summed E-state index contributed by atoms with van der Waals surface area (Å²) < 4.78 is 0. The van der Waals surface area contributed by atoms with Crippen LogP contribution >= 0.6 is 0 Å². The summed E-state index contributed by atoms with van der Waals surface area (Å²) in [6.07, 6.45) is 4.60. The van der Waals surface area contributed by atoms with Crippen molar-refractivity contribution in [1.82, 2.24) is 0 Å². The second-order valence-electron chi connectivity index (χ2n) is 9.10. The number of Topliss-reactive ketones (excluding diaryl/α,β-unsaturated/α-hetero) is 1. The summed E-state index contributed by atoms with van der Waals surface area (Å²) in [5.41, 5.74) is -1.07. The Hall–Kier alpha value is -0.670. The molecule has 3 saturated carbocycles. The molecule has 2 N–H and O–H groups in total. The van der Waals surface area contributed by atoms with Crippen LogP contribution in [0.3, 0.4) is 0 Å². The number of hydrogen-bond donors (Lipinski definition) is 2. The molecule has 3 nitrogen and oxygen atoms in total. The molecule has 0 spiro atoms. The lowest BCUT2D eigenvalue weighted by Crippen LogP contribution is -2.62. The Morgan fingerprint density at radius 1 is 1.22 bits per heavy atom. The van der Waals surface area contributed by atoms with Crippen molar-refractivity contribution in [3.8, 4) is 0 Å². The first-order valence-corrected chi connectivity index (χ1v) is 9.16. The lowest BCUT2D eigenvalue weighted by atomic mass is 9.44. The highest BCUT2D eigenvalue weighted by Crippen LogP contribution is 2.67. The first kappa shape index (κ1) is 17.2. The van der Waals surface area contributed by atoms with E-state index in [1.807, 2.05) is 13.0 Å². The summed E-state index contributed by atoms with van der Waals surface area (Å²) in [6, 6.07) is 0. The van der Waals surface area contributed by atoms with E-state index in [0.29, 0.717) is 24.5 Å². The molecule has 3 rings (SSSR count). The van der Waals surface area contributed by atoms with Crippen LogP contribution < -0.4 is 0 Å². The quantitative estimate of drug-likeness (QED) is 0.729. The Labute approximate surface area is 140 Å². The van der Waals surface area contributed by atoms with Crippen molar-refractivity contribution < 1.29 is 15.0 Å². The van der Waals surface area contributed by atoms with Crippen molar-refractivity contribution in [3.63, 3.8) is 0 Å². The zero-order valence-electron chi connectivity index (χ0n) is 15.0. The lowest BCUT2D eigenvalue weighted by molar-refractivity contribution is -0.191. The molecule has 0 saturated heterocycles. The van der Waals surface area contributed by atoms with Gasteiger partial charge in [-0.15, -0.1) is 6.58 Å². The number of carbonyl (C=O) groups excluding carboxylic acids is 1. The van der Waals surface area contributed by atoms with Gasteiger partial charge in [0.2, 0.25) is 0 Å². The molecule has 0 amide bonds. The van der Waals surface area contributed by atoms with Gasteiger partial charge in [0, 0.05) is 23.2 Å². The van der Waals surface area contributed by atoms with E-state index in [1.54, 1.807) is 0 Å². The molecule has 23 heavy (non-hydrogen) atoms. The van der Waals surface area contributed by atoms with Gasteiger partial charge in [-0.2, -0.15) is 0 Å². The summed E-state index contributed by atoms with van der Waals surface area (Å²) in [7, 11) is 0. The van der Waals surface area contributed by atoms with E-state index in [0.717, 1.165) is 19.3 Å². The van der Waals surface area contributed by atoms with Crippen LogP contribution in [-0.4, -0.2) is 28.2 Å². The van der Waals surface area contributed by atoms with Gasteiger partial charge in [-0.25, -0.2) is 0 Å². The smallest absolute Gasteiger partial charge is 0.137 e. The van der Waals surface area contributed by atoms with Crippen molar-refractivity contribution in [1.29, 1.82) is 0 Å². The minimum Gasteiger partial charge on any atom is -0.392 e. The Balaban J connectivity index is 2.21. The van der Waals surface area contributed by atoms with Gasteiger partial charge in [-0.3, -0.25) is 4.79 Å². The van der Waals surface area contributed by atoms with E-state index in [-0.39, 0.29) is 17.3 Å².